The number of primary amides is 1. The number of benzene rings is 2. The zero-order valence-electron chi connectivity index (χ0n) is 22.1. The van der Waals surface area contributed by atoms with Gasteiger partial charge in [-0.1, -0.05) is 17.7 Å². The maximum Gasteiger partial charge on any atom is 0.326 e. The standard InChI is InChI=1S/C27H23ClFN3O9S/c1-38-16-8-15(9-17(10-16)39-2)14(13-40-32(36)37)5-6-23(33)41-25(22-4-3-7-42-22)24-18-11-20(29)19(28)12-21(18)31(26(24)34)27(30)35/h3-4,7-12,14H,5-6,13H2,1-2H3,(H2,30,35)/b25-24-. The predicted octanol–water partition coefficient (Wildman–Crippen LogP) is 5.17. The van der Waals surface area contributed by atoms with Gasteiger partial charge in [0.2, 0.25) is 0 Å². The third-order valence-electron chi connectivity index (χ3n) is 6.30. The van der Waals surface area contributed by atoms with E-state index in [4.69, 9.17) is 31.5 Å². The van der Waals surface area contributed by atoms with Crippen molar-refractivity contribution in [2.45, 2.75) is 18.8 Å². The molecular weight excluding hydrogens is 597 g/mol. The minimum atomic E-state index is -1.14. The van der Waals surface area contributed by atoms with Crippen molar-refractivity contribution >= 4 is 57.9 Å². The number of rotatable bonds is 11. The number of fused-ring (bicyclic) bond motifs is 1. The van der Waals surface area contributed by atoms with Gasteiger partial charge in [0.25, 0.3) is 11.0 Å². The number of carbonyl (C=O) groups is 3. The van der Waals surface area contributed by atoms with E-state index >= 15 is 0 Å². The summed E-state index contributed by atoms with van der Waals surface area (Å²) in [6.45, 7) is -0.380. The Bertz CT molecular complexity index is 1560. The Hall–Kier alpha value is -4.69. The molecule has 0 spiro atoms. The molecule has 1 unspecified atom stereocenters. The first-order chi connectivity index (χ1) is 20.0. The number of anilines is 1. The molecule has 2 heterocycles. The van der Waals surface area contributed by atoms with Crippen molar-refractivity contribution in [3.8, 4) is 11.5 Å². The third kappa shape index (κ3) is 6.44. The number of nitrogens with zero attached hydrogens (tertiary/aromatic N) is 2. The Morgan fingerprint density at radius 1 is 1.17 bits per heavy atom. The molecule has 0 radical (unpaired) electrons. The number of nitrogens with two attached hydrogens (primary N) is 1. The molecule has 42 heavy (non-hydrogen) atoms. The van der Waals surface area contributed by atoms with Crippen molar-refractivity contribution in [3.63, 3.8) is 0 Å². The quantitative estimate of drug-likeness (QED) is 0.100. The first-order valence-corrected chi connectivity index (χ1v) is 13.4. The van der Waals surface area contributed by atoms with Crippen LogP contribution in [0.15, 0.2) is 47.8 Å². The lowest BCUT2D eigenvalue weighted by Gasteiger charge is -2.18. The summed E-state index contributed by atoms with van der Waals surface area (Å²) in [4.78, 5) is 55.2. The normalized spacial score (nSPS) is 14.2. The summed E-state index contributed by atoms with van der Waals surface area (Å²) in [5, 5.41) is 11.3. The third-order valence-corrected chi connectivity index (χ3v) is 7.46. The molecule has 4 rings (SSSR count). The first-order valence-electron chi connectivity index (χ1n) is 12.2. The fourth-order valence-corrected chi connectivity index (χ4v) is 5.22. The number of ether oxygens (including phenoxy) is 3. The summed E-state index contributed by atoms with van der Waals surface area (Å²) >= 11 is 7.02. The maximum absolute atomic E-state index is 14.5. The number of hydrogen-bond acceptors (Lipinski definition) is 10. The fraction of sp³-hybridized carbons (Fsp3) is 0.222. The fourth-order valence-electron chi connectivity index (χ4n) is 4.35. The van der Waals surface area contributed by atoms with E-state index in [2.05, 4.69) is 4.84 Å². The van der Waals surface area contributed by atoms with Crippen LogP contribution in [0.2, 0.25) is 5.02 Å². The smallest absolute Gasteiger partial charge is 0.326 e. The Balaban J connectivity index is 1.68. The van der Waals surface area contributed by atoms with Gasteiger partial charge in [-0.05, 0) is 47.7 Å². The van der Waals surface area contributed by atoms with Gasteiger partial charge in [-0.15, -0.1) is 21.5 Å². The zero-order valence-corrected chi connectivity index (χ0v) is 23.7. The van der Waals surface area contributed by atoms with Crippen LogP contribution in [0.1, 0.15) is 34.8 Å². The average Bonchev–Trinajstić information content (AvgIpc) is 3.58. The molecule has 0 saturated carbocycles. The summed E-state index contributed by atoms with van der Waals surface area (Å²) in [5.41, 5.74) is 5.59. The van der Waals surface area contributed by atoms with E-state index in [1.807, 2.05) is 0 Å². The van der Waals surface area contributed by atoms with Crippen molar-refractivity contribution in [3.05, 3.63) is 84.8 Å². The number of hydrogen-bond donors (Lipinski definition) is 1. The first kappa shape index (κ1) is 30.3. The molecular formula is C27H23ClFN3O9S. The van der Waals surface area contributed by atoms with Gasteiger partial charge < -0.3 is 24.8 Å². The number of esters is 1. The van der Waals surface area contributed by atoms with Crippen LogP contribution >= 0.6 is 22.9 Å². The molecule has 0 fully saturated rings. The number of urea groups is 1. The number of imide groups is 1. The molecule has 1 aliphatic heterocycles. The lowest BCUT2D eigenvalue weighted by atomic mass is 9.94. The summed E-state index contributed by atoms with van der Waals surface area (Å²) in [5.74, 6) is -2.65. The highest BCUT2D eigenvalue weighted by Crippen LogP contribution is 2.44. The number of methoxy groups -OCH3 is 2. The molecule has 15 heteroatoms. The van der Waals surface area contributed by atoms with Gasteiger partial charge in [0, 0.05) is 24.0 Å². The van der Waals surface area contributed by atoms with Crippen LogP contribution in [0.5, 0.6) is 11.5 Å². The molecule has 2 N–H and O–H groups in total. The molecule has 2 aromatic carbocycles. The van der Waals surface area contributed by atoms with Crippen LogP contribution < -0.4 is 20.1 Å². The monoisotopic (exact) mass is 619 g/mol. The predicted molar refractivity (Wildman–Crippen MR) is 150 cm³/mol. The number of thiophene rings is 1. The zero-order chi connectivity index (χ0) is 30.6. The lowest BCUT2D eigenvalue weighted by Crippen LogP contribution is -2.38. The largest absolute Gasteiger partial charge is 0.497 e. The van der Waals surface area contributed by atoms with E-state index in [0.717, 1.165) is 23.5 Å². The van der Waals surface area contributed by atoms with E-state index in [9.17, 15) is 28.9 Å². The van der Waals surface area contributed by atoms with Crippen molar-refractivity contribution in [2.24, 2.45) is 5.73 Å². The van der Waals surface area contributed by atoms with Crippen LogP contribution in [-0.2, 0) is 19.2 Å². The Kier molecular flexibility index (Phi) is 9.28. The van der Waals surface area contributed by atoms with E-state index in [1.54, 1.807) is 35.7 Å². The van der Waals surface area contributed by atoms with E-state index in [-0.39, 0.29) is 47.1 Å². The second-order valence-corrected chi connectivity index (χ2v) is 10.2. The van der Waals surface area contributed by atoms with Gasteiger partial charge in [-0.3, -0.25) is 9.59 Å². The molecule has 12 nitrogen and oxygen atoms in total. The van der Waals surface area contributed by atoms with Gasteiger partial charge in [0.1, 0.15) is 23.9 Å². The van der Waals surface area contributed by atoms with Gasteiger partial charge in [0.05, 0.1) is 35.4 Å². The Morgan fingerprint density at radius 2 is 1.86 bits per heavy atom. The maximum atomic E-state index is 14.5. The van der Waals surface area contributed by atoms with Crippen molar-refractivity contribution in [2.75, 3.05) is 25.7 Å². The number of amides is 3. The average molecular weight is 620 g/mol. The highest BCUT2D eigenvalue weighted by Gasteiger charge is 2.40. The van der Waals surface area contributed by atoms with Gasteiger partial charge in [-0.2, -0.15) is 0 Å². The Labute approximate surface area is 247 Å². The molecule has 220 valence electrons. The molecule has 0 aliphatic carbocycles. The molecule has 1 aliphatic rings. The highest BCUT2D eigenvalue weighted by molar-refractivity contribution is 7.11. The molecule has 0 bridgehead atoms. The summed E-state index contributed by atoms with van der Waals surface area (Å²) in [6, 6.07) is 8.99. The summed E-state index contributed by atoms with van der Waals surface area (Å²) < 4.78 is 30.7. The second kappa shape index (κ2) is 12.9. The van der Waals surface area contributed by atoms with E-state index in [0.29, 0.717) is 26.8 Å². The molecule has 3 aromatic rings. The van der Waals surface area contributed by atoms with Crippen LogP contribution in [0.4, 0.5) is 14.9 Å². The minimum absolute atomic E-state index is 0.0260. The van der Waals surface area contributed by atoms with Crippen molar-refractivity contribution in [1.82, 2.24) is 0 Å². The lowest BCUT2D eigenvalue weighted by molar-refractivity contribution is -0.758. The van der Waals surface area contributed by atoms with Crippen LogP contribution in [0.25, 0.3) is 11.3 Å². The molecule has 0 saturated heterocycles. The van der Waals surface area contributed by atoms with E-state index < -0.39 is 34.7 Å². The summed E-state index contributed by atoms with van der Waals surface area (Å²) in [7, 11) is 2.89. The minimum Gasteiger partial charge on any atom is -0.497 e. The van der Waals surface area contributed by atoms with Crippen LogP contribution in [0, 0.1) is 15.9 Å². The number of halogens is 2. The molecule has 3 amide bonds. The van der Waals surface area contributed by atoms with Gasteiger partial charge in [-0.25, -0.2) is 14.1 Å². The summed E-state index contributed by atoms with van der Waals surface area (Å²) in [6.07, 6.45) is -0.249. The van der Waals surface area contributed by atoms with Crippen LogP contribution in [-0.4, -0.2) is 43.8 Å². The Morgan fingerprint density at radius 3 is 2.43 bits per heavy atom. The number of carbonyl (C=O) groups excluding carboxylic acids is 3. The van der Waals surface area contributed by atoms with E-state index in [1.165, 1.54) is 14.2 Å². The second-order valence-electron chi connectivity index (χ2n) is 8.82. The SMILES string of the molecule is COc1cc(OC)cc(C(CCC(=O)O/C(=C2\C(=O)N(C(N)=O)c3cc(Cl)c(F)cc32)c2cccs2)CO[N+](=O)[O-])c1. The topological polar surface area (TPSA) is 161 Å². The van der Waals surface area contributed by atoms with Gasteiger partial charge >= 0.3 is 12.0 Å². The molecule has 1 aromatic heterocycles. The molecule has 1 atom stereocenters. The highest BCUT2D eigenvalue weighted by atomic mass is 35.5. The van der Waals surface area contributed by atoms with Gasteiger partial charge in [0.15, 0.2) is 5.76 Å². The van der Waals surface area contributed by atoms with Crippen LogP contribution in [0.3, 0.4) is 0 Å². The van der Waals surface area contributed by atoms with Crippen molar-refractivity contribution in [1.29, 1.82) is 0 Å². The van der Waals surface area contributed by atoms with Crippen molar-refractivity contribution < 1.29 is 42.9 Å².